The van der Waals surface area contributed by atoms with Crippen molar-refractivity contribution in [2.75, 3.05) is 6.54 Å². The van der Waals surface area contributed by atoms with Crippen molar-refractivity contribution in [3.63, 3.8) is 0 Å². The molecule has 4 N–H and O–H groups in total. The van der Waals surface area contributed by atoms with Crippen molar-refractivity contribution in [3.8, 4) is 0 Å². The Morgan fingerprint density at radius 2 is 2.05 bits per heavy atom. The molecule has 22 heavy (non-hydrogen) atoms. The van der Waals surface area contributed by atoms with E-state index in [2.05, 4.69) is 10.6 Å². The molecule has 4 amide bonds. The smallest absolute Gasteiger partial charge is 0.245 e. The van der Waals surface area contributed by atoms with Gasteiger partial charge in [0.05, 0.1) is 0 Å². The molecule has 2 aliphatic rings. The third-order valence-corrected chi connectivity index (χ3v) is 4.16. The van der Waals surface area contributed by atoms with Gasteiger partial charge < -0.3 is 21.3 Å². The number of likely N-dealkylation sites (tertiary alicyclic amines) is 1. The molecule has 0 aromatic rings. The van der Waals surface area contributed by atoms with Crippen molar-refractivity contribution in [1.82, 2.24) is 15.5 Å². The van der Waals surface area contributed by atoms with Gasteiger partial charge in [-0.15, -0.1) is 0 Å². The Morgan fingerprint density at radius 3 is 2.64 bits per heavy atom. The average molecular weight is 310 g/mol. The van der Waals surface area contributed by atoms with Crippen molar-refractivity contribution in [2.45, 2.75) is 57.2 Å². The summed E-state index contributed by atoms with van der Waals surface area (Å²) in [7, 11) is 0. The molecule has 8 heteroatoms. The lowest BCUT2D eigenvalue weighted by molar-refractivity contribution is -0.143. The van der Waals surface area contributed by atoms with Gasteiger partial charge in [-0.25, -0.2) is 0 Å². The highest BCUT2D eigenvalue weighted by molar-refractivity contribution is 5.95. The van der Waals surface area contributed by atoms with Crippen LogP contribution >= 0.6 is 0 Å². The topological polar surface area (TPSA) is 122 Å². The number of amides is 4. The Morgan fingerprint density at radius 1 is 1.32 bits per heavy atom. The Balaban J connectivity index is 1.94. The maximum absolute atomic E-state index is 12.4. The van der Waals surface area contributed by atoms with E-state index in [4.69, 9.17) is 5.73 Å². The molecular weight excluding hydrogens is 288 g/mol. The van der Waals surface area contributed by atoms with Gasteiger partial charge in [-0.05, 0) is 32.6 Å². The lowest BCUT2D eigenvalue weighted by Gasteiger charge is -2.35. The maximum Gasteiger partial charge on any atom is 0.245 e. The molecule has 2 aliphatic heterocycles. The van der Waals surface area contributed by atoms with Gasteiger partial charge in [-0.2, -0.15) is 0 Å². The molecule has 2 rings (SSSR count). The van der Waals surface area contributed by atoms with Gasteiger partial charge in [-0.3, -0.25) is 19.2 Å². The van der Waals surface area contributed by atoms with E-state index in [1.807, 2.05) is 0 Å². The van der Waals surface area contributed by atoms with Crippen molar-refractivity contribution in [3.05, 3.63) is 0 Å². The van der Waals surface area contributed by atoms with Gasteiger partial charge in [0.1, 0.15) is 18.1 Å². The lowest BCUT2D eigenvalue weighted by atomic mass is 10.0. The van der Waals surface area contributed by atoms with E-state index in [9.17, 15) is 19.2 Å². The van der Waals surface area contributed by atoms with E-state index in [1.54, 1.807) is 6.92 Å². The second-order valence-electron chi connectivity index (χ2n) is 5.83. The summed E-state index contributed by atoms with van der Waals surface area (Å²) in [6, 6.07) is -1.95. The second-order valence-corrected chi connectivity index (χ2v) is 5.83. The second kappa shape index (κ2) is 6.76. The Labute approximate surface area is 128 Å². The normalized spacial score (nSPS) is 26.2. The number of hydrogen-bond acceptors (Lipinski definition) is 4. The van der Waals surface area contributed by atoms with Crippen molar-refractivity contribution < 1.29 is 19.2 Å². The molecule has 122 valence electrons. The largest absolute Gasteiger partial charge is 0.368 e. The summed E-state index contributed by atoms with van der Waals surface area (Å²) in [6.07, 6.45) is 2.97. The number of rotatable bonds is 4. The Hall–Kier alpha value is -2.12. The fourth-order valence-electron chi connectivity index (χ4n) is 2.93. The molecular formula is C14H22N4O4. The van der Waals surface area contributed by atoms with Gasteiger partial charge in [0, 0.05) is 13.0 Å². The van der Waals surface area contributed by atoms with Crippen LogP contribution in [-0.4, -0.2) is 53.2 Å². The highest BCUT2D eigenvalue weighted by Gasteiger charge is 2.35. The summed E-state index contributed by atoms with van der Waals surface area (Å²) in [5.74, 6) is -1.38. The highest BCUT2D eigenvalue weighted by Crippen LogP contribution is 2.18. The van der Waals surface area contributed by atoms with Gasteiger partial charge in [0.2, 0.25) is 23.6 Å². The molecule has 0 aliphatic carbocycles. The maximum atomic E-state index is 12.4. The molecule has 3 atom stereocenters. The van der Waals surface area contributed by atoms with E-state index in [-0.39, 0.29) is 17.7 Å². The number of hydrogen-bond donors (Lipinski definition) is 3. The van der Waals surface area contributed by atoms with Crippen molar-refractivity contribution in [1.29, 1.82) is 0 Å². The predicted octanol–water partition coefficient (Wildman–Crippen LogP) is -1.36. The molecule has 2 heterocycles. The first-order valence-electron chi connectivity index (χ1n) is 7.59. The predicted molar refractivity (Wildman–Crippen MR) is 77.3 cm³/mol. The SMILES string of the molecule is CC(NC(=O)C1CCC(=O)N1)C(=O)N1CCCCC1C(N)=O. The molecule has 2 saturated heterocycles. The van der Waals surface area contributed by atoms with E-state index in [0.717, 1.165) is 12.8 Å². The summed E-state index contributed by atoms with van der Waals surface area (Å²) in [6.45, 7) is 2.04. The summed E-state index contributed by atoms with van der Waals surface area (Å²) < 4.78 is 0. The number of nitrogens with one attached hydrogen (secondary N) is 2. The van der Waals surface area contributed by atoms with Crippen LogP contribution in [0.25, 0.3) is 0 Å². The zero-order valence-electron chi connectivity index (χ0n) is 12.6. The van der Waals surface area contributed by atoms with Gasteiger partial charge in [-0.1, -0.05) is 0 Å². The zero-order chi connectivity index (χ0) is 16.3. The standard InChI is InChI=1S/C14H22N4O4/c1-8(16-13(21)9-5-6-11(19)17-9)14(22)18-7-3-2-4-10(18)12(15)20/h8-10H,2-7H2,1H3,(H2,15,20)(H,16,21)(H,17,19). The minimum atomic E-state index is -0.759. The van der Waals surface area contributed by atoms with Gasteiger partial charge in [0.25, 0.3) is 0 Å². The lowest BCUT2D eigenvalue weighted by Crippen LogP contribution is -2.57. The first kappa shape index (κ1) is 16.3. The first-order valence-corrected chi connectivity index (χ1v) is 7.59. The van der Waals surface area contributed by atoms with E-state index >= 15 is 0 Å². The highest BCUT2D eigenvalue weighted by atomic mass is 16.2. The molecule has 3 unspecified atom stereocenters. The number of nitrogens with zero attached hydrogens (tertiary/aromatic N) is 1. The van der Waals surface area contributed by atoms with Crippen molar-refractivity contribution in [2.24, 2.45) is 5.73 Å². The van der Waals surface area contributed by atoms with Crippen LogP contribution in [0.1, 0.15) is 39.0 Å². The summed E-state index contributed by atoms with van der Waals surface area (Å²) in [5, 5.41) is 5.16. The van der Waals surface area contributed by atoms with Crippen LogP contribution < -0.4 is 16.4 Å². The molecule has 0 aromatic heterocycles. The van der Waals surface area contributed by atoms with E-state index in [1.165, 1.54) is 4.90 Å². The monoisotopic (exact) mass is 310 g/mol. The van der Waals surface area contributed by atoms with Crippen LogP contribution in [0.3, 0.4) is 0 Å². The third-order valence-electron chi connectivity index (χ3n) is 4.16. The van der Waals surface area contributed by atoms with E-state index in [0.29, 0.717) is 25.8 Å². The Kier molecular flexibility index (Phi) is 4.99. The van der Waals surface area contributed by atoms with Crippen LogP contribution in [0.4, 0.5) is 0 Å². The summed E-state index contributed by atoms with van der Waals surface area (Å²) in [4.78, 5) is 48.5. The quantitative estimate of drug-likeness (QED) is 0.593. The summed E-state index contributed by atoms with van der Waals surface area (Å²) >= 11 is 0. The van der Waals surface area contributed by atoms with Crippen LogP contribution in [-0.2, 0) is 19.2 Å². The molecule has 0 spiro atoms. The fourth-order valence-corrected chi connectivity index (χ4v) is 2.93. The van der Waals surface area contributed by atoms with Crippen LogP contribution in [0.2, 0.25) is 0 Å². The number of piperidine rings is 1. The third kappa shape index (κ3) is 3.55. The van der Waals surface area contributed by atoms with E-state index < -0.39 is 24.0 Å². The number of carbonyl (C=O) groups excluding carboxylic acids is 4. The minimum Gasteiger partial charge on any atom is -0.368 e. The molecule has 8 nitrogen and oxygen atoms in total. The number of carbonyl (C=O) groups is 4. The van der Waals surface area contributed by atoms with Crippen LogP contribution in [0, 0.1) is 0 Å². The summed E-state index contributed by atoms with van der Waals surface area (Å²) in [5.41, 5.74) is 5.34. The van der Waals surface area contributed by atoms with Crippen LogP contribution in [0.15, 0.2) is 0 Å². The molecule has 0 bridgehead atoms. The number of primary amides is 1. The number of nitrogens with two attached hydrogens (primary N) is 1. The molecule has 2 fully saturated rings. The molecule has 0 aromatic carbocycles. The van der Waals surface area contributed by atoms with Gasteiger partial charge in [0.15, 0.2) is 0 Å². The zero-order valence-corrected chi connectivity index (χ0v) is 12.6. The van der Waals surface area contributed by atoms with Gasteiger partial charge >= 0.3 is 0 Å². The first-order chi connectivity index (χ1) is 10.4. The Bertz CT molecular complexity index is 493. The minimum absolute atomic E-state index is 0.163. The fraction of sp³-hybridized carbons (Fsp3) is 0.714. The van der Waals surface area contributed by atoms with Crippen molar-refractivity contribution >= 4 is 23.6 Å². The molecule has 0 saturated carbocycles. The van der Waals surface area contributed by atoms with Crippen LogP contribution in [0.5, 0.6) is 0 Å². The average Bonchev–Trinajstić information content (AvgIpc) is 2.93. The molecule has 0 radical (unpaired) electrons.